The molecule has 0 fully saturated rings. The SMILES string of the molecule is Cc1cc(Oc2cc(C3=N[C@@H]4c5cc(C)c(C)c(C)c5-c5c(cc(C)c(C)c5C)[C@]4(C)N3c3c(C)ccc(C)c3C)cc(C(C)C)c2)cc(N2c3ccc(C(C)(C)C)cc3C(C)(C)c3cccnc32)c1. The lowest BCUT2D eigenvalue weighted by Gasteiger charge is -2.47. The van der Waals surface area contributed by atoms with Crippen molar-refractivity contribution >= 4 is 28.7 Å². The maximum atomic E-state index is 7.19. The Balaban J connectivity index is 1.17. The van der Waals surface area contributed by atoms with Crippen LogP contribution in [0.2, 0.25) is 0 Å². The molecular weight excluding hydrogens is 853 g/mol. The summed E-state index contributed by atoms with van der Waals surface area (Å²) in [5.74, 6) is 3.72. The summed E-state index contributed by atoms with van der Waals surface area (Å²) in [4.78, 5) is 16.1. The van der Waals surface area contributed by atoms with Crippen molar-refractivity contribution in [3.8, 4) is 22.6 Å². The molecule has 3 aliphatic rings. The van der Waals surface area contributed by atoms with Gasteiger partial charge in [0.2, 0.25) is 0 Å². The Bertz CT molecular complexity index is 3380. The van der Waals surface area contributed by atoms with Crippen molar-refractivity contribution < 1.29 is 4.74 Å². The zero-order valence-corrected chi connectivity index (χ0v) is 45.1. The maximum Gasteiger partial charge on any atom is 0.141 e. The molecule has 0 unspecified atom stereocenters. The van der Waals surface area contributed by atoms with E-state index in [2.05, 4.69) is 225 Å². The van der Waals surface area contributed by atoms with E-state index in [9.17, 15) is 0 Å². The largest absolute Gasteiger partial charge is 0.457 e. The van der Waals surface area contributed by atoms with Gasteiger partial charge in [0.25, 0.3) is 0 Å². The fourth-order valence-corrected chi connectivity index (χ4v) is 12.1. The maximum absolute atomic E-state index is 7.19. The Labute approximate surface area is 418 Å². The first-order valence-corrected chi connectivity index (χ1v) is 25.5. The van der Waals surface area contributed by atoms with Crippen LogP contribution in [0.25, 0.3) is 11.1 Å². The van der Waals surface area contributed by atoms with Crippen molar-refractivity contribution in [1.82, 2.24) is 4.98 Å². The molecular formula is C65H72N4O. The third-order valence-electron chi connectivity index (χ3n) is 16.9. The third kappa shape index (κ3) is 7.08. The van der Waals surface area contributed by atoms with Crippen LogP contribution in [0.4, 0.5) is 22.9 Å². The predicted octanol–water partition coefficient (Wildman–Crippen LogP) is 17.4. The Morgan fingerprint density at radius 1 is 0.614 bits per heavy atom. The molecule has 0 amide bonds. The second kappa shape index (κ2) is 16.3. The van der Waals surface area contributed by atoms with Gasteiger partial charge in [0.05, 0.1) is 16.9 Å². The smallest absolute Gasteiger partial charge is 0.141 e. The Morgan fingerprint density at radius 3 is 1.99 bits per heavy atom. The van der Waals surface area contributed by atoms with Crippen LogP contribution in [0.3, 0.4) is 0 Å². The molecule has 1 aliphatic carbocycles. The molecule has 1 aromatic heterocycles. The minimum Gasteiger partial charge on any atom is -0.457 e. The second-order valence-electron chi connectivity index (χ2n) is 23.2. The average Bonchev–Trinajstić information content (AvgIpc) is 3.62. The van der Waals surface area contributed by atoms with Gasteiger partial charge in [-0.15, -0.1) is 0 Å². The topological polar surface area (TPSA) is 41.0 Å². The minimum atomic E-state index is -0.546. The second-order valence-corrected chi connectivity index (χ2v) is 23.2. The predicted molar refractivity (Wildman–Crippen MR) is 295 cm³/mol. The van der Waals surface area contributed by atoms with Crippen molar-refractivity contribution in [3.63, 3.8) is 0 Å². The highest BCUT2D eigenvalue weighted by Gasteiger charge is 2.55. The quantitative estimate of drug-likeness (QED) is 0.167. The summed E-state index contributed by atoms with van der Waals surface area (Å²) in [6.07, 6.45) is 1.91. The Morgan fingerprint density at radius 2 is 1.29 bits per heavy atom. The molecule has 2 atom stereocenters. The van der Waals surface area contributed by atoms with E-state index in [1.807, 2.05) is 6.20 Å². The first-order valence-electron chi connectivity index (χ1n) is 25.5. The summed E-state index contributed by atoms with van der Waals surface area (Å²) in [6, 6.07) is 34.1. The number of hydrogen-bond acceptors (Lipinski definition) is 5. The van der Waals surface area contributed by atoms with Gasteiger partial charge >= 0.3 is 0 Å². The zero-order valence-electron chi connectivity index (χ0n) is 45.1. The van der Waals surface area contributed by atoms with E-state index in [4.69, 9.17) is 14.7 Å². The van der Waals surface area contributed by atoms with Gasteiger partial charge in [0.15, 0.2) is 0 Å². The molecule has 3 heterocycles. The van der Waals surface area contributed by atoms with E-state index < -0.39 is 5.54 Å². The normalized spacial score (nSPS) is 17.8. The van der Waals surface area contributed by atoms with Crippen LogP contribution in [0.15, 0.2) is 102 Å². The molecule has 0 saturated carbocycles. The van der Waals surface area contributed by atoms with E-state index in [0.717, 1.165) is 45.7 Å². The standard InChI is InChI=1S/C65H72N4O/c1-35(2)46-30-47(32-51(31-46)70-50-27-36(3)26-49(34-50)68-56-24-23-48(63(13,14)15)33-54(56)64(16,17)53-20-19-25-66-62(53)68)61-67-60-52-28-39(6)41(8)44(11)57(52)58-45(12)42(9)40(7)29-55(58)65(60,18)69(61)59-38(5)22-21-37(4)43(59)10/h19-35,60H,1-18H3/t60-,65+/m1/s1. The van der Waals surface area contributed by atoms with Crippen LogP contribution in [-0.2, 0) is 16.4 Å². The number of nitrogens with zero attached hydrogens (tertiary/aromatic N) is 4. The fraction of sp³-hybridized carbons (Fsp3) is 0.354. The summed E-state index contributed by atoms with van der Waals surface area (Å²) in [5.41, 5.74) is 27.0. The fourth-order valence-electron chi connectivity index (χ4n) is 12.1. The molecule has 0 bridgehead atoms. The molecule has 10 rings (SSSR count). The number of fused-ring (bicyclic) bond motifs is 8. The Kier molecular flexibility index (Phi) is 11.0. The van der Waals surface area contributed by atoms with Crippen molar-refractivity contribution in [1.29, 1.82) is 0 Å². The first kappa shape index (κ1) is 47.2. The summed E-state index contributed by atoms with van der Waals surface area (Å²) in [7, 11) is 0. The molecule has 358 valence electrons. The number of aromatic nitrogens is 1. The number of aliphatic imine (C=N–C) groups is 1. The summed E-state index contributed by atoms with van der Waals surface area (Å²) >= 11 is 0. The van der Waals surface area contributed by atoms with Crippen molar-refractivity contribution in [3.05, 3.63) is 192 Å². The van der Waals surface area contributed by atoms with Gasteiger partial charge in [-0.3, -0.25) is 9.89 Å². The summed E-state index contributed by atoms with van der Waals surface area (Å²) in [6.45, 7) is 41.3. The van der Waals surface area contributed by atoms with Gasteiger partial charge in [0, 0.05) is 34.5 Å². The molecule has 2 aliphatic heterocycles. The highest BCUT2D eigenvalue weighted by Crippen LogP contribution is 2.61. The molecule has 0 radical (unpaired) electrons. The number of ether oxygens (including phenoxy) is 1. The number of benzene rings is 6. The van der Waals surface area contributed by atoms with Gasteiger partial charge in [0.1, 0.15) is 29.2 Å². The van der Waals surface area contributed by atoms with Crippen LogP contribution in [0, 0.1) is 69.2 Å². The van der Waals surface area contributed by atoms with Crippen LogP contribution in [0.1, 0.15) is 162 Å². The number of pyridine rings is 1. The van der Waals surface area contributed by atoms with Crippen LogP contribution in [-0.4, -0.2) is 10.8 Å². The molecule has 5 heteroatoms. The van der Waals surface area contributed by atoms with Crippen molar-refractivity contribution in [2.75, 3.05) is 9.80 Å². The first-order chi connectivity index (χ1) is 32.9. The molecule has 5 nitrogen and oxygen atoms in total. The molecule has 7 aromatic rings. The third-order valence-corrected chi connectivity index (χ3v) is 16.9. The number of aryl methyl sites for hydroxylation is 5. The van der Waals surface area contributed by atoms with Crippen LogP contribution in [0.5, 0.6) is 11.5 Å². The lowest BCUT2D eigenvalue weighted by molar-refractivity contribution is 0.420. The van der Waals surface area contributed by atoms with Gasteiger partial charge in [-0.1, -0.05) is 90.9 Å². The minimum absolute atomic E-state index is 0.0107. The van der Waals surface area contributed by atoms with E-state index in [0.29, 0.717) is 0 Å². The molecule has 0 N–H and O–H groups in total. The zero-order chi connectivity index (χ0) is 50.3. The van der Waals surface area contributed by atoms with E-state index >= 15 is 0 Å². The molecule has 0 saturated heterocycles. The monoisotopic (exact) mass is 925 g/mol. The average molecular weight is 925 g/mol. The van der Waals surface area contributed by atoms with Crippen molar-refractivity contribution in [2.24, 2.45) is 4.99 Å². The number of amidine groups is 1. The highest BCUT2D eigenvalue weighted by atomic mass is 16.5. The van der Waals surface area contributed by atoms with Crippen molar-refractivity contribution in [2.45, 2.75) is 153 Å². The lowest BCUT2D eigenvalue weighted by atomic mass is 9.66. The van der Waals surface area contributed by atoms with E-state index in [1.165, 1.54) is 100 Å². The van der Waals surface area contributed by atoms with Gasteiger partial charge in [-0.05, 0) is 225 Å². The number of rotatable bonds is 6. The molecule has 70 heavy (non-hydrogen) atoms. The van der Waals surface area contributed by atoms with Gasteiger partial charge in [-0.2, -0.15) is 0 Å². The summed E-state index contributed by atoms with van der Waals surface area (Å²) in [5, 5.41) is 0. The highest BCUT2D eigenvalue weighted by molar-refractivity contribution is 6.14. The summed E-state index contributed by atoms with van der Waals surface area (Å²) < 4.78 is 7.19. The van der Waals surface area contributed by atoms with Crippen LogP contribution >= 0.6 is 0 Å². The van der Waals surface area contributed by atoms with Crippen LogP contribution < -0.4 is 14.5 Å². The van der Waals surface area contributed by atoms with E-state index in [1.54, 1.807) is 0 Å². The lowest BCUT2D eigenvalue weighted by Crippen LogP contribution is -2.49. The van der Waals surface area contributed by atoms with Gasteiger partial charge in [-0.25, -0.2) is 4.98 Å². The molecule has 0 spiro atoms. The number of anilines is 4. The van der Waals surface area contributed by atoms with Gasteiger partial charge < -0.3 is 9.64 Å². The number of hydrogen-bond donors (Lipinski definition) is 0. The Hall–Kier alpha value is -6.46. The van der Waals surface area contributed by atoms with E-state index in [-0.39, 0.29) is 22.8 Å². The molecule has 6 aromatic carbocycles.